The summed E-state index contributed by atoms with van der Waals surface area (Å²) < 4.78 is 10.9. The van der Waals surface area contributed by atoms with Gasteiger partial charge in [0, 0.05) is 24.0 Å². The molecule has 3 rings (SSSR count). The summed E-state index contributed by atoms with van der Waals surface area (Å²) in [6.45, 7) is 2.48. The second-order valence-corrected chi connectivity index (χ2v) is 9.17. The molecule has 0 aliphatic heterocycles. The van der Waals surface area contributed by atoms with Crippen LogP contribution in [0.15, 0.2) is 48.5 Å². The van der Waals surface area contributed by atoms with Crippen molar-refractivity contribution < 1.29 is 19.1 Å². The molecule has 1 aliphatic carbocycles. The predicted octanol–water partition coefficient (Wildman–Crippen LogP) is 5.37. The third-order valence-corrected chi connectivity index (χ3v) is 6.65. The van der Waals surface area contributed by atoms with Gasteiger partial charge in [-0.2, -0.15) is 0 Å². The van der Waals surface area contributed by atoms with Gasteiger partial charge >= 0.3 is 0 Å². The van der Waals surface area contributed by atoms with Crippen molar-refractivity contribution in [2.45, 2.75) is 70.5 Å². The number of ether oxygens (including phenoxy) is 2. The number of methoxy groups -OCH3 is 1. The van der Waals surface area contributed by atoms with Crippen LogP contribution in [0.3, 0.4) is 0 Å². The smallest absolute Gasteiger partial charge is 0.242 e. The van der Waals surface area contributed by atoms with Crippen molar-refractivity contribution in [1.82, 2.24) is 10.2 Å². The minimum absolute atomic E-state index is 0.0930. The largest absolute Gasteiger partial charge is 0.497 e. The minimum atomic E-state index is -0.590. The first-order valence-corrected chi connectivity index (χ1v) is 12.5. The van der Waals surface area contributed by atoms with Crippen molar-refractivity contribution in [3.8, 4) is 11.5 Å². The highest BCUT2D eigenvalue weighted by Crippen LogP contribution is 2.22. The number of amides is 2. The first-order chi connectivity index (χ1) is 16.5. The Balaban J connectivity index is 1.59. The van der Waals surface area contributed by atoms with Gasteiger partial charge in [0.05, 0.1) is 13.7 Å². The zero-order valence-electron chi connectivity index (χ0n) is 20.1. The van der Waals surface area contributed by atoms with Crippen LogP contribution in [-0.2, 0) is 16.1 Å². The molecule has 1 atom stereocenters. The summed E-state index contributed by atoms with van der Waals surface area (Å²) >= 11 is 6.36. The van der Waals surface area contributed by atoms with Crippen molar-refractivity contribution in [2.75, 3.05) is 13.7 Å². The molecule has 0 spiro atoms. The summed E-state index contributed by atoms with van der Waals surface area (Å²) in [5.41, 5.74) is 0.823. The zero-order chi connectivity index (χ0) is 24.3. The number of halogens is 1. The summed E-state index contributed by atoms with van der Waals surface area (Å²) in [7, 11) is 1.62. The van der Waals surface area contributed by atoms with Crippen LogP contribution in [0.1, 0.15) is 57.4 Å². The van der Waals surface area contributed by atoms with Crippen LogP contribution in [0, 0.1) is 0 Å². The lowest BCUT2D eigenvalue weighted by molar-refractivity contribution is -0.141. The van der Waals surface area contributed by atoms with Gasteiger partial charge in [0.25, 0.3) is 0 Å². The van der Waals surface area contributed by atoms with E-state index in [1.165, 1.54) is 6.42 Å². The Morgan fingerprint density at radius 3 is 2.41 bits per heavy atom. The van der Waals surface area contributed by atoms with Crippen molar-refractivity contribution in [3.63, 3.8) is 0 Å². The Kier molecular flexibility index (Phi) is 10.1. The van der Waals surface area contributed by atoms with Crippen LogP contribution in [0.4, 0.5) is 0 Å². The van der Waals surface area contributed by atoms with Crippen LogP contribution in [0.5, 0.6) is 11.5 Å². The first-order valence-electron chi connectivity index (χ1n) is 12.1. The Hall–Kier alpha value is -2.73. The standard InChI is InChI=1S/C27H35ClN2O4/c1-20(27(32)29-22-10-4-3-5-11-22)30(19-21-9-6-7-12-25(21)28)26(31)13-8-18-34-24-16-14-23(33-2)15-17-24/h6-7,9,12,14-17,20,22H,3-5,8,10-11,13,18-19H2,1-2H3,(H,29,32). The summed E-state index contributed by atoms with van der Waals surface area (Å²) in [6, 6.07) is 14.4. The van der Waals surface area contributed by atoms with E-state index < -0.39 is 6.04 Å². The molecule has 6 nitrogen and oxygen atoms in total. The number of hydrogen-bond acceptors (Lipinski definition) is 4. The van der Waals surface area contributed by atoms with Crippen molar-refractivity contribution >= 4 is 23.4 Å². The van der Waals surface area contributed by atoms with Gasteiger partial charge in [-0.15, -0.1) is 0 Å². The van der Waals surface area contributed by atoms with Gasteiger partial charge in [-0.1, -0.05) is 49.1 Å². The Bertz CT molecular complexity index is 928. The van der Waals surface area contributed by atoms with E-state index in [1.807, 2.05) is 42.5 Å². The van der Waals surface area contributed by atoms with Gasteiger partial charge in [0.2, 0.25) is 11.8 Å². The third kappa shape index (κ3) is 7.66. The van der Waals surface area contributed by atoms with Crippen LogP contribution in [-0.4, -0.2) is 42.5 Å². The number of nitrogens with one attached hydrogen (secondary N) is 1. The molecule has 0 heterocycles. The molecule has 0 saturated heterocycles. The topological polar surface area (TPSA) is 67.9 Å². The van der Waals surface area contributed by atoms with E-state index in [1.54, 1.807) is 25.0 Å². The van der Waals surface area contributed by atoms with E-state index in [-0.39, 0.29) is 30.8 Å². The first kappa shape index (κ1) is 25.9. The minimum Gasteiger partial charge on any atom is -0.497 e. The molecule has 1 fully saturated rings. The van der Waals surface area contributed by atoms with E-state index in [2.05, 4.69) is 5.32 Å². The summed E-state index contributed by atoms with van der Waals surface area (Å²) in [5, 5.41) is 3.74. The molecule has 2 amide bonds. The maximum atomic E-state index is 13.2. The molecule has 0 aromatic heterocycles. The fraction of sp³-hybridized carbons (Fsp3) is 0.481. The molecule has 2 aromatic rings. The lowest BCUT2D eigenvalue weighted by Gasteiger charge is -2.31. The van der Waals surface area contributed by atoms with Crippen LogP contribution in [0.25, 0.3) is 0 Å². The highest BCUT2D eigenvalue weighted by Gasteiger charge is 2.28. The molecular formula is C27H35ClN2O4. The van der Waals surface area contributed by atoms with Gasteiger partial charge in [-0.3, -0.25) is 9.59 Å². The van der Waals surface area contributed by atoms with Crippen LogP contribution < -0.4 is 14.8 Å². The molecule has 7 heteroatoms. The molecule has 2 aromatic carbocycles. The average molecular weight is 487 g/mol. The molecular weight excluding hydrogens is 452 g/mol. The second kappa shape index (κ2) is 13.2. The summed E-state index contributed by atoms with van der Waals surface area (Å²) in [6.07, 6.45) is 6.31. The van der Waals surface area contributed by atoms with Crippen LogP contribution in [0.2, 0.25) is 5.02 Å². The molecule has 184 valence electrons. The highest BCUT2D eigenvalue weighted by atomic mass is 35.5. The van der Waals surface area contributed by atoms with Gasteiger partial charge in [-0.05, 0) is 62.1 Å². The van der Waals surface area contributed by atoms with Gasteiger partial charge < -0.3 is 19.7 Å². The van der Waals surface area contributed by atoms with Gasteiger partial charge in [0.1, 0.15) is 17.5 Å². The van der Waals surface area contributed by atoms with Crippen molar-refractivity contribution in [1.29, 1.82) is 0 Å². The monoisotopic (exact) mass is 486 g/mol. The second-order valence-electron chi connectivity index (χ2n) is 8.76. The zero-order valence-corrected chi connectivity index (χ0v) is 20.9. The molecule has 0 radical (unpaired) electrons. The maximum absolute atomic E-state index is 13.2. The van der Waals surface area contributed by atoms with Crippen molar-refractivity contribution in [3.05, 3.63) is 59.1 Å². The Morgan fingerprint density at radius 2 is 1.74 bits per heavy atom. The van der Waals surface area contributed by atoms with Gasteiger partial charge in [0.15, 0.2) is 0 Å². The van der Waals surface area contributed by atoms with Gasteiger partial charge in [-0.25, -0.2) is 0 Å². The normalized spacial score (nSPS) is 14.8. The molecule has 0 bridgehead atoms. The van der Waals surface area contributed by atoms with E-state index >= 15 is 0 Å². The molecule has 34 heavy (non-hydrogen) atoms. The SMILES string of the molecule is COc1ccc(OCCCC(=O)N(Cc2ccccc2Cl)C(C)C(=O)NC2CCCCC2)cc1. The fourth-order valence-corrected chi connectivity index (χ4v) is 4.39. The molecule has 1 unspecified atom stereocenters. The number of carbonyl (C=O) groups excluding carboxylic acids is 2. The number of benzene rings is 2. The number of rotatable bonds is 11. The number of nitrogens with zero attached hydrogens (tertiary/aromatic N) is 1. The summed E-state index contributed by atoms with van der Waals surface area (Å²) in [4.78, 5) is 27.9. The van der Waals surface area contributed by atoms with Crippen molar-refractivity contribution in [2.24, 2.45) is 0 Å². The third-order valence-electron chi connectivity index (χ3n) is 6.28. The fourth-order valence-electron chi connectivity index (χ4n) is 4.19. The predicted molar refractivity (Wildman–Crippen MR) is 134 cm³/mol. The van der Waals surface area contributed by atoms with E-state index in [4.69, 9.17) is 21.1 Å². The number of carbonyl (C=O) groups is 2. The quantitative estimate of drug-likeness (QED) is 0.433. The number of hydrogen-bond donors (Lipinski definition) is 1. The van der Waals surface area contributed by atoms with E-state index in [0.29, 0.717) is 18.1 Å². The summed E-state index contributed by atoms with van der Waals surface area (Å²) in [5.74, 6) is 1.28. The lowest BCUT2D eigenvalue weighted by atomic mass is 9.95. The Morgan fingerprint density at radius 1 is 1.06 bits per heavy atom. The Labute approximate surface area is 207 Å². The highest BCUT2D eigenvalue weighted by molar-refractivity contribution is 6.31. The molecule has 1 saturated carbocycles. The van der Waals surface area contributed by atoms with Crippen LogP contribution >= 0.6 is 11.6 Å². The van der Waals surface area contributed by atoms with E-state index in [0.717, 1.165) is 42.7 Å². The maximum Gasteiger partial charge on any atom is 0.242 e. The average Bonchev–Trinajstić information content (AvgIpc) is 2.86. The molecule has 1 aliphatic rings. The lowest BCUT2D eigenvalue weighted by Crippen LogP contribution is -2.50. The van der Waals surface area contributed by atoms with E-state index in [9.17, 15) is 9.59 Å². The molecule has 1 N–H and O–H groups in total.